The predicted octanol–water partition coefficient (Wildman–Crippen LogP) is 2.49. The van der Waals surface area contributed by atoms with Gasteiger partial charge < -0.3 is 5.32 Å². The zero-order valence-electron chi connectivity index (χ0n) is 19.0. The van der Waals surface area contributed by atoms with Crippen LogP contribution >= 0.6 is 0 Å². The Hall–Kier alpha value is -2.91. The molecule has 1 N–H and O–H groups in total. The number of imidazole rings is 1. The van der Waals surface area contributed by atoms with Crippen molar-refractivity contribution in [2.45, 2.75) is 25.7 Å². The summed E-state index contributed by atoms with van der Waals surface area (Å²) in [6.07, 6.45) is 2.56. The zero-order valence-corrected chi connectivity index (χ0v) is 19.8. The molecule has 1 amide bonds. The van der Waals surface area contributed by atoms with Crippen LogP contribution in [-0.2, 0) is 35.3 Å². The minimum atomic E-state index is -3.42. The van der Waals surface area contributed by atoms with Gasteiger partial charge in [-0.1, -0.05) is 30.3 Å². The first-order chi connectivity index (χ1) is 15.8. The lowest BCUT2D eigenvalue weighted by Gasteiger charge is -2.31. The molecule has 1 aromatic heterocycles. The van der Waals surface area contributed by atoms with Gasteiger partial charge in [0.05, 0.1) is 22.7 Å². The molecule has 9 heteroatoms. The fourth-order valence-corrected chi connectivity index (χ4v) is 6.05. The molecule has 1 fully saturated rings. The number of aromatic nitrogens is 2. The number of anilines is 1. The smallest absolute Gasteiger partial charge is 0.326 e. The summed E-state index contributed by atoms with van der Waals surface area (Å²) in [6.45, 7) is 0.654. The van der Waals surface area contributed by atoms with E-state index in [0.717, 1.165) is 16.6 Å². The van der Waals surface area contributed by atoms with E-state index in [1.54, 1.807) is 36.9 Å². The van der Waals surface area contributed by atoms with Crippen LogP contribution in [0.15, 0.2) is 53.3 Å². The lowest BCUT2D eigenvalue weighted by Crippen LogP contribution is -2.44. The van der Waals surface area contributed by atoms with Crippen molar-refractivity contribution < 1.29 is 13.2 Å². The number of fused-ring (bicyclic) bond motifs is 1. The van der Waals surface area contributed by atoms with Gasteiger partial charge in [-0.05, 0) is 49.4 Å². The molecule has 1 aliphatic heterocycles. The van der Waals surface area contributed by atoms with Crippen molar-refractivity contribution in [3.05, 3.63) is 64.6 Å². The third kappa shape index (κ3) is 5.04. The molecule has 1 atom stereocenters. The average molecular weight is 471 g/mol. The fourth-order valence-electron chi connectivity index (χ4n) is 4.47. The normalized spacial score (nSPS) is 17.3. The second-order valence-corrected chi connectivity index (χ2v) is 10.8. The van der Waals surface area contributed by atoms with Gasteiger partial charge in [0.15, 0.2) is 0 Å². The number of benzene rings is 2. The minimum absolute atomic E-state index is 0.0783. The van der Waals surface area contributed by atoms with E-state index in [4.69, 9.17) is 0 Å². The molecule has 1 aliphatic rings. The van der Waals surface area contributed by atoms with E-state index >= 15 is 0 Å². The van der Waals surface area contributed by atoms with Crippen LogP contribution in [0.4, 0.5) is 5.69 Å². The Labute approximate surface area is 193 Å². The highest BCUT2D eigenvalue weighted by Gasteiger charge is 2.32. The molecule has 8 nitrogen and oxygen atoms in total. The highest BCUT2D eigenvalue weighted by Crippen LogP contribution is 2.23. The van der Waals surface area contributed by atoms with E-state index < -0.39 is 15.9 Å². The van der Waals surface area contributed by atoms with Crippen molar-refractivity contribution >= 4 is 32.7 Å². The Morgan fingerprint density at radius 1 is 1.06 bits per heavy atom. The monoisotopic (exact) mass is 470 g/mol. The van der Waals surface area contributed by atoms with Crippen LogP contribution < -0.4 is 11.0 Å². The molecule has 0 bridgehead atoms. The molecule has 2 aromatic carbocycles. The Morgan fingerprint density at radius 3 is 2.55 bits per heavy atom. The number of amides is 1. The van der Waals surface area contributed by atoms with Gasteiger partial charge in [-0.25, -0.2) is 17.5 Å². The molecule has 4 rings (SSSR count). The van der Waals surface area contributed by atoms with Gasteiger partial charge in [-0.3, -0.25) is 13.9 Å². The third-order valence-corrected chi connectivity index (χ3v) is 8.32. The Morgan fingerprint density at radius 2 is 1.79 bits per heavy atom. The second kappa shape index (κ2) is 9.52. The van der Waals surface area contributed by atoms with Crippen molar-refractivity contribution in [2.24, 2.45) is 20.0 Å². The number of hydrogen-bond acceptors (Lipinski definition) is 4. The first-order valence-electron chi connectivity index (χ1n) is 11.2. The van der Waals surface area contributed by atoms with Crippen LogP contribution in [0.1, 0.15) is 24.8 Å². The Balaban J connectivity index is 1.38. The van der Waals surface area contributed by atoms with Crippen molar-refractivity contribution in [3.8, 4) is 0 Å². The highest BCUT2D eigenvalue weighted by molar-refractivity contribution is 7.89. The molecule has 2 heterocycles. The number of nitrogens with one attached hydrogen (secondary N) is 1. The van der Waals surface area contributed by atoms with E-state index in [2.05, 4.69) is 5.32 Å². The van der Waals surface area contributed by atoms with Crippen LogP contribution in [0.25, 0.3) is 11.0 Å². The number of piperidine rings is 1. The number of nitrogens with zero attached hydrogens (tertiary/aromatic N) is 3. The molecular formula is C24H30N4O4S. The maximum absolute atomic E-state index is 12.9. The van der Waals surface area contributed by atoms with Crippen molar-refractivity contribution in [2.75, 3.05) is 24.2 Å². The molecule has 0 saturated carbocycles. The standard InChI is InChI=1S/C24H30N4O4S/c1-26-21-13-12-20(16-22(21)27(2)24(26)30)25-23(29)19-11-6-14-28(17-19)33(31,32)15-7-10-18-8-4-3-5-9-18/h3-5,8-9,12-13,16,19H,6-7,10-11,14-15,17H2,1-2H3,(H,25,29)/t19-/m1/s1. The largest absolute Gasteiger partial charge is 0.328 e. The summed E-state index contributed by atoms with van der Waals surface area (Å²) in [7, 11) is -0.0161. The number of carbonyl (C=O) groups excluding carboxylic acids is 1. The third-order valence-electron chi connectivity index (χ3n) is 6.40. The van der Waals surface area contributed by atoms with Crippen LogP contribution in [0.2, 0.25) is 0 Å². The van der Waals surface area contributed by atoms with E-state index in [-0.39, 0.29) is 23.9 Å². The summed E-state index contributed by atoms with van der Waals surface area (Å²) in [4.78, 5) is 25.1. The topological polar surface area (TPSA) is 93.4 Å². The molecule has 0 radical (unpaired) electrons. The Bertz CT molecular complexity index is 1310. The highest BCUT2D eigenvalue weighted by atomic mass is 32.2. The fraction of sp³-hybridized carbons (Fsp3) is 0.417. The Kier molecular flexibility index (Phi) is 6.71. The quantitative estimate of drug-likeness (QED) is 0.574. The van der Waals surface area contributed by atoms with Gasteiger partial charge in [0, 0.05) is 32.9 Å². The van der Waals surface area contributed by atoms with Gasteiger partial charge in [-0.2, -0.15) is 0 Å². The molecule has 33 heavy (non-hydrogen) atoms. The summed E-state index contributed by atoms with van der Waals surface area (Å²) >= 11 is 0. The van der Waals surface area contributed by atoms with Crippen molar-refractivity contribution in [1.82, 2.24) is 13.4 Å². The van der Waals surface area contributed by atoms with Gasteiger partial charge in [-0.15, -0.1) is 0 Å². The van der Waals surface area contributed by atoms with E-state index in [1.807, 2.05) is 30.3 Å². The second-order valence-electron chi connectivity index (χ2n) is 8.70. The van der Waals surface area contributed by atoms with Crippen molar-refractivity contribution in [3.63, 3.8) is 0 Å². The molecule has 0 spiro atoms. The van der Waals surface area contributed by atoms with Gasteiger partial charge in [0.1, 0.15) is 0 Å². The summed E-state index contributed by atoms with van der Waals surface area (Å²) in [5.41, 5.74) is 3.10. The van der Waals surface area contributed by atoms with E-state index in [0.29, 0.717) is 37.9 Å². The molecule has 3 aromatic rings. The molecule has 1 saturated heterocycles. The number of aryl methyl sites for hydroxylation is 3. The van der Waals surface area contributed by atoms with Crippen LogP contribution in [0, 0.1) is 5.92 Å². The minimum Gasteiger partial charge on any atom is -0.326 e. The van der Waals surface area contributed by atoms with Crippen LogP contribution in [0.5, 0.6) is 0 Å². The number of rotatable bonds is 7. The molecular weight excluding hydrogens is 440 g/mol. The van der Waals surface area contributed by atoms with Crippen molar-refractivity contribution in [1.29, 1.82) is 0 Å². The summed E-state index contributed by atoms with van der Waals surface area (Å²) < 4.78 is 30.3. The zero-order chi connectivity index (χ0) is 23.6. The average Bonchev–Trinajstić information content (AvgIpc) is 3.03. The number of hydrogen-bond donors (Lipinski definition) is 1. The van der Waals surface area contributed by atoms with Gasteiger partial charge >= 0.3 is 5.69 Å². The number of carbonyl (C=O) groups is 1. The lowest BCUT2D eigenvalue weighted by atomic mass is 9.98. The predicted molar refractivity (Wildman–Crippen MR) is 130 cm³/mol. The first kappa shape index (κ1) is 23.3. The summed E-state index contributed by atoms with van der Waals surface area (Å²) in [5, 5.41) is 2.91. The van der Waals surface area contributed by atoms with Gasteiger partial charge in [0.2, 0.25) is 15.9 Å². The SMILES string of the molecule is Cn1c(=O)n(C)c2cc(NC(=O)[C@@H]3CCCN(S(=O)(=O)CCCc4ccccc4)C3)ccc21. The maximum atomic E-state index is 12.9. The first-order valence-corrected chi connectivity index (χ1v) is 12.9. The van der Waals surface area contributed by atoms with Crippen LogP contribution in [-0.4, -0.2) is 46.6 Å². The lowest BCUT2D eigenvalue weighted by molar-refractivity contribution is -0.120. The molecule has 0 unspecified atom stereocenters. The molecule has 176 valence electrons. The molecule has 0 aliphatic carbocycles. The summed E-state index contributed by atoms with van der Waals surface area (Å²) in [5.74, 6) is -0.521. The van der Waals surface area contributed by atoms with Gasteiger partial charge in [0.25, 0.3) is 0 Å². The van der Waals surface area contributed by atoms with E-state index in [9.17, 15) is 18.0 Å². The number of sulfonamides is 1. The van der Waals surface area contributed by atoms with E-state index in [1.165, 1.54) is 8.87 Å². The summed E-state index contributed by atoms with van der Waals surface area (Å²) in [6, 6.07) is 15.2. The van der Waals surface area contributed by atoms with Crippen LogP contribution in [0.3, 0.4) is 0 Å². The maximum Gasteiger partial charge on any atom is 0.328 e.